The fraction of sp³-hybridized carbons (Fsp3) is 0.200. The van der Waals surface area contributed by atoms with E-state index in [9.17, 15) is 8.42 Å². The molecule has 3 rings (SSSR count). The molecule has 104 valence electrons. The van der Waals surface area contributed by atoms with E-state index in [0.29, 0.717) is 11.4 Å². The van der Waals surface area contributed by atoms with Crippen LogP contribution < -0.4 is 4.31 Å². The average molecular weight is 352 g/mol. The first-order valence-corrected chi connectivity index (χ1v) is 8.59. The van der Waals surface area contributed by atoms with Crippen LogP contribution in [-0.2, 0) is 16.4 Å². The van der Waals surface area contributed by atoms with Crippen LogP contribution in [0.3, 0.4) is 0 Å². The lowest BCUT2D eigenvalue weighted by Gasteiger charge is -2.19. The second-order valence-corrected chi connectivity index (χ2v) is 7.69. The van der Waals surface area contributed by atoms with E-state index in [0.717, 1.165) is 27.7 Å². The number of nitrogens with zero attached hydrogens (tertiary/aromatic N) is 1. The summed E-state index contributed by atoms with van der Waals surface area (Å²) in [5, 5.41) is 0. The van der Waals surface area contributed by atoms with Crippen molar-refractivity contribution in [1.29, 1.82) is 0 Å². The maximum Gasteiger partial charge on any atom is 0.264 e. The fourth-order valence-electron chi connectivity index (χ4n) is 2.41. The molecule has 3 nitrogen and oxygen atoms in total. The van der Waals surface area contributed by atoms with Gasteiger partial charge in [0.25, 0.3) is 10.0 Å². The van der Waals surface area contributed by atoms with Gasteiger partial charge in [-0.2, -0.15) is 0 Å². The lowest BCUT2D eigenvalue weighted by atomic mass is 10.2. The Morgan fingerprint density at radius 2 is 1.80 bits per heavy atom. The molecule has 5 heteroatoms. The van der Waals surface area contributed by atoms with Crippen LogP contribution in [0, 0.1) is 6.92 Å². The largest absolute Gasteiger partial charge is 0.266 e. The molecule has 0 bridgehead atoms. The zero-order valence-electron chi connectivity index (χ0n) is 11.0. The Morgan fingerprint density at radius 1 is 1.10 bits per heavy atom. The predicted octanol–water partition coefficient (Wildman–Crippen LogP) is 3.51. The highest BCUT2D eigenvalue weighted by atomic mass is 79.9. The van der Waals surface area contributed by atoms with Crippen LogP contribution in [0.25, 0.3) is 0 Å². The van der Waals surface area contributed by atoms with Crippen LogP contribution in [0.1, 0.15) is 11.1 Å². The van der Waals surface area contributed by atoms with Gasteiger partial charge in [0.05, 0.1) is 10.6 Å². The monoisotopic (exact) mass is 351 g/mol. The van der Waals surface area contributed by atoms with Crippen molar-refractivity contribution < 1.29 is 8.42 Å². The number of hydrogen-bond donors (Lipinski definition) is 0. The highest BCUT2D eigenvalue weighted by Crippen LogP contribution is 2.34. The third kappa shape index (κ3) is 2.25. The summed E-state index contributed by atoms with van der Waals surface area (Å²) in [4.78, 5) is 0.343. The molecule has 1 aliphatic heterocycles. The molecule has 0 aromatic heterocycles. The predicted molar refractivity (Wildman–Crippen MR) is 83.6 cm³/mol. The number of aryl methyl sites for hydroxylation is 1. The maximum absolute atomic E-state index is 12.7. The van der Waals surface area contributed by atoms with Gasteiger partial charge >= 0.3 is 0 Å². The molecule has 0 radical (unpaired) electrons. The Kier molecular flexibility index (Phi) is 3.34. The van der Waals surface area contributed by atoms with Gasteiger partial charge in [-0.05, 0) is 43.2 Å². The molecule has 0 spiro atoms. The Labute approximate surface area is 127 Å². The Bertz CT molecular complexity index is 754. The van der Waals surface area contributed by atoms with Gasteiger partial charge in [0, 0.05) is 11.0 Å². The fourth-order valence-corrected chi connectivity index (χ4v) is 4.25. The molecule has 0 saturated heterocycles. The number of fused-ring (bicyclic) bond motifs is 1. The van der Waals surface area contributed by atoms with E-state index >= 15 is 0 Å². The van der Waals surface area contributed by atoms with Crippen molar-refractivity contribution in [3.05, 3.63) is 58.1 Å². The van der Waals surface area contributed by atoms with Crippen molar-refractivity contribution in [2.45, 2.75) is 18.2 Å². The minimum Gasteiger partial charge on any atom is -0.266 e. The first-order valence-electron chi connectivity index (χ1n) is 6.36. The summed E-state index contributed by atoms with van der Waals surface area (Å²) in [7, 11) is -3.47. The van der Waals surface area contributed by atoms with Crippen LogP contribution in [-0.4, -0.2) is 15.0 Å². The summed E-state index contributed by atoms with van der Waals surface area (Å²) in [6.07, 6.45) is 0.758. The van der Waals surface area contributed by atoms with Crippen LogP contribution >= 0.6 is 15.9 Å². The van der Waals surface area contributed by atoms with Gasteiger partial charge in [-0.1, -0.05) is 39.7 Å². The van der Waals surface area contributed by atoms with Gasteiger partial charge in [-0.3, -0.25) is 4.31 Å². The van der Waals surface area contributed by atoms with Crippen LogP contribution in [0.15, 0.2) is 51.8 Å². The SMILES string of the molecule is Cc1ccc(S(=O)(=O)N2CCc3ccc(Br)cc32)cc1. The van der Waals surface area contributed by atoms with E-state index < -0.39 is 10.0 Å². The average Bonchev–Trinajstić information content (AvgIpc) is 2.82. The maximum atomic E-state index is 12.7. The van der Waals surface area contributed by atoms with Crippen LogP contribution in [0.4, 0.5) is 5.69 Å². The summed E-state index contributed by atoms with van der Waals surface area (Å²) >= 11 is 3.40. The molecule has 1 aliphatic rings. The van der Waals surface area contributed by atoms with Crippen molar-refractivity contribution in [2.75, 3.05) is 10.8 Å². The Hall–Kier alpha value is -1.33. The van der Waals surface area contributed by atoms with E-state index in [1.807, 2.05) is 37.3 Å². The molecular formula is C15H14BrNO2S. The molecule has 0 atom stereocenters. The standard InChI is InChI=1S/C15H14BrNO2S/c1-11-2-6-14(7-3-11)20(18,19)17-9-8-12-4-5-13(16)10-15(12)17/h2-7,10H,8-9H2,1H3. The molecule has 0 N–H and O–H groups in total. The summed E-state index contributed by atoms with van der Waals surface area (Å²) in [6.45, 7) is 2.45. The van der Waals surface area contributed by atoms with Crippen molar-refractivity contribution in [2.24, 2.45) is 0 Å². The van der Waals surface area contributed by atoms with E-state index in [4.69, 9.17) is 0 Å². The first kappa shape index (κ1) is 13.6. The number of sulfonamides is 1. The molecular weight excluding hydrogens is 338 g/mol. The molecule has 0 amide bonds. The lowest BCUT2D eigenvalue weighted by molar-refractivity contribution is 0.592. The zero-order valence-corrected chi connectivity index (χ0v) is 13.4. The molecule has 0 unspecified atom stereocenters. The molecule has 1 heterocycles. The van der Waals surface area contributed by atoms with E-state index in [1.165, 1.54) is 4.31 Å². The molecule has 0 saturated carbocycles. The van der Waals surface area contributed by atoms with E-state index in [-0.39, 0.29) is 0 Å². The number of rotatable bonds is 2. The third-order valence-corrected chi connectivity index (χ3v) is 5.83. The number of hydrogen-bond acceptors (Lipinski definition) is 2. The third-order valence-electron chi connectivity index (χ3n) is 3.51. The second kappa shape index (κ2) is 4.90. The van der Waals surface area contributed by atoms with Crippen molar-refractivity contribution >= 4 is 31.6 Å². The minimum atomic E-state index is -3.47. The highest BCUT2D eigenvalue weighted by Gasteiger charge is 2.30. The molecule has 2 aromatic rings. The quantitative estimate of drug-likeness (QED) is 0.830. The second-order valence-electron chi connectivity index (χ2n) is 4.91. The Morgan fingerprint density at radius 3 is 2.50 bits per heavy atom. The van der Waals surface area contributed by atoms with Gasteiger partial charge in [-0.25, -0.2) is 8.42 Å². The summed E-state index contributed by atoms with van der Waals surface area (Å²) in [5.74, 6) is 0. The Balaban J connectivity index is 2.07. The normalized spacial score (nSPS) is 14.4. The molecule has 0 fully saturated rings. The topological polar surface area (TPSA) is 37.4 Å². The minimum absolute atomic E-state index is 0.343. The number of benzene rings is 2. The molecule has 20 heavy (non-hydrogen) atoms. The highest BCUT2D eigenvalue weighted by molar-refractivity contribution is 9.10. The van der Waals surface area contributed by atoms with Gasteiger partial charge in [0.1, 0.15) is 0 Å². The van der Waals surface area contributed by atoms with E-state index in [2.05, 4.69) is 15.9 Å². The number of anilines is 1. The van der Waals surface area contributed by atoms with Gasteiger partial charge in [0.2, 0.25) is 0 Å². The summed E-state index contributed by atoms with van der Waals surface area (Å²) < 4.78 is 27.8. The van der Waals surface area contributed by atoms with Crippen molar-refractivity contribution in [3.63, 3.8) is 0 Å². The number of halogens is 1. The van der Waals surface area contributed by atoms with Gasteiger partial charge in [0.15, 0.2) is 0 Å². The van der Waals surface area contributed by atoms with Gasteiger partial charge < -0.3 is 0 Å². The summed E-state index contributed by atoms with van der Waals surface area (Å²) in [5.41, 5.74) is 2.90. The smallest absolute Gasteiger partial charge is 0.264 e. The van der Waals surface area contributed by atoms with Gasteiger partial charge in [-0.15, -0.1) is 0 Å². The first-order chi connectivity index (χ1) is 9.48. The molecule has 2 aromatic carbocycles. The van der Waals surface area contributed by atoms with E-state index in [1.54, 1.807) is 12.1 Å². The van der Waals surface area contributed by atoms with Crippen molar-refractivity contribution in [3.8, 4) is 0 Å². The van der Waals surface area contributed by atoms with Crippen molar-refractivity contribution in [1.82, 2.24) is 0 Å². The summed E-state index contributed by atoms with van der Waals surface area (Å²) in [6, 6.07) is 12.8. The zero-order chi connectivity index (χ0) is 14.3. The van der Waals surface area contributed by atoms with Crippen LogP contribution in [0.2, 0.25) is 0 Å². The van der Waals surface area contributed by atoms with Crippen LogP contribution in [0.5, 0.6) is 0 Å². The molecule has 0 aliphatic carbocycles. The lowest BCUT2D eigenvalue weighted by Crippen LogP contribution is -2.29.